The number of carbonyl (C=O) groups is 1. The molecule has 0 fully saturated rings. The lowest BCUT2D eigenvalue weighted by atomic mass is 10.1. The van der Waals surface area contributed by atoms with Gasteiger partial charge in [-0.1, -0.05) is 30.3 Å². The standard InChI is InChI=1S/C25H17F2N3O4S/c1-30(35(33,34)17-5-3-2-4-6-17)16-9-7-14(8-10-16)23-24-18(13-21(29-23)25(31)32)22-19(27)11-15(26)12-20(22)28-24/h2-13,28H,1H3,(H,31,32). The van der Waals surface area contributed by atoms with Gasteiger partial charge >= 0.3 is 5.97 Å². The van der Waals surface area contributed by atoms with Crippen LogP contribution in [0.4, 0.5) is 14.5 Å². The first-order valence-electron chi connectivity index (χ1n) is 10.4. The summed E-state index contributed by atoms with van der Waals surface area (Å²) in [6.45, 7) is 0. The molecule has 35 heavy (non-hydrogen) atoms. The van der Waals surface area contributed by atoms with E-state index in [1.807, 2.05) is 0 Å². The first-order chi connectivity index (χ1) is 16.7. The highest BCUT2D eigenvalue weighted by atomic mass is 32.2. The lowest BCUT2D eigenvalue weighted by Gasteiger charge is -2.19. The molecule has 0 amide bonds. The molecule has 0 atom stereocenters. The van der Waals surface area contributed by atoms with Crippen molar-refractivity contribution in [1.29, 1.82) is 0 Å². The third-order valence-electron chi connectivity index (χ3n) is 5.73. The minimum absolute atomic E-state index is 0.0536. The Bertz CT molecular complexity index is 1720. The van der Waals surface area contributed by atoms with Gasteiger partial charge in [0.2, 0.25) is 0 Å². The van der Waals surface area contributed by atoms with Crippen molar-refractivity contribution >= 4 is 43.5 Å². The van der Waals surface area contributed by atoms with Crippen LogP contribution in [0.5, 0.6) is 0 Å². The highest BCUT2D eigenvalue weighted by Crippen LogP contribution is 2.35. The van der Waals surface area contributed by atoms with Crippen molar-refractivity contribution in [3.8, 4) is 11.3 Å². The summed E-state index contributed by atoms with van der Waals surface area (Å²) in [6.07, 6.45) is 0. The van der Waals surface area contributed by atoms with Crippen molar-refractivity contribution in [2.24, 2.45) is 0 Å². The summed E-state index contributed by atoms with van der Waals surface area (Å²) in [7, 11) is -2.37. The van der Waals surface area contributed by atoms with Crippen molar-refractivity contribution in [3.05, 3.63) is 90.1 Å². The number of sulfonamides is 1. The van der Waals surface area contributed by atoms with E-state index in [4.69, 9.17) is 0 Å². The van der Waals surface area contributed by atoms with Crippen LogP contribution in [-0.4, -0.2) is 36.5 Å². The number of nitrogens with one attached hydrogen (secondary N) is 1. The number of aromatic carboxylic acids is 1. The summed E-state index contributed by atoms with van der Waals surface area (Å²) in [6, 6.07) is 17.3. The molecule has 0 bridgehead atoms. The highest BCUT2D eigenvalue weighted by Gasteiger charge is 2.22. The first-order valence-corrected chi connectivity index (χ1v) is 11.8. The molecule has 10 heteroatoms. The SMILES string of the molecule is CN(c1ccc(-c2nc(C(=O)O)cc3c2[nH]c2cc(F)cc(F)c23)cc1)S(=O)(=O)c1ccccc1. The molecule has 176 valence electrons. The monoisotopic (exact) mass is 493 g/mol. The Morgan fingerprint density at radius 3 is 2.34 bits per heavy atom. The number of aromatic amines is 1. The van der Waals surface area contributed by atoms with Gasteiger partial charge in [-0.2, -0.15) is 0 Å². The van der Waals surface area contributed by atoms with E-state index in [0.29, 0.717) is 16.8 Å². The largest absolute Gasteiger partial charge is 0.477 e. The third-order valence-corrected chi connectivity index (χ3v) is 7.53. The molecule has 0 aliphatic carbocycles. The Morgan fingerprint density at radius 2 is 1.69 bits per heavy atom. The average Bonchev–Trinajstić information content (AvgIpc) is 3.22. The zero-order chi connectivity index (χ0) is 24.9. The van der Waals surface area contributed by atoms with Gasteiger partial charge in [-0.3, -0.25) is 4.31 Å². The molecule has 0 unspecified atom stereocenters. The number of rotatable bonds is 5. The number of carboxylic acids is 1. The topological polar surface area (TPSA) is 103 Å². The summed E-state index contributed by atoms with van der Waals surface area (Å²) in [5.41, 5.74) is 1.20. The molecule has 0 spiro atoms. The maximum absolute atomic E-state index is 14.6. The molecule has 0 radical (unpaired) electrons. The van der Waals surface area contributed by atoms with E-state index in [1.54, 1.807) is 42.5 Å². The number of hydrogen-bond donors (Lipinski definition) is 2. The molecule has 7 nitrogen and oxygen atoms in total. The predicted molar refractivity (Wildman–Crippen MR) is 128 cm³/mol. The van der Waals surface area contributed by atoms with Crippen molar-refractivity contribution in [2.45, 2.75) is 4.90 Å². The molecule has 0 aliphatic rings. The summed E-state index contributed by atoms with van der Waals surface area (Å²) in [5.74, 6) is -2.92. The molecule has 5 aromatic rings. The van der Waals surface area contributed by atoms with Crippen LogP contribution in [-0.2, 0) is 10.0 Å². The Balaban J connectivity index is 1.64. The van der Waals surface area contributed by atoms with E-state index in [9.17, 15) is 27.1 Å². The second-order valence-corrected chi connectivity index (χ2v) is 9.82. The number of anilines is 1. The van der Waals surface area contributed by atoms with Gasteiger partial charge in [-0.05, 0) is 36.4 Å². The van der Waals surface area contributed by atoms with Gasteiger partial charge in [-0.25, -0.2) is 27.0 Å². The number of nitrogens with zero attached hydrogens (tertiary/aromatic N) is 2. The van der Waals surface area contributed by atoms with E-state index in [0.717, 1.165) is 16.4 Å². The van der Waals surface area contributed by atoms with Crippen LogP contribution >= 0.6 is 0 Å². The smallest absolute Gasteiger partial charge is 0.354 e. The van der Waals surface area contributed by atoms with E-state index in [1.165, 1.54) is 25.2 Å². The van der Waals surface area contributed by atoms with Gasteiger partial charge < -0.3 is 10.1 Å². The minimum Gasteiger partial charge on any atom is -0.477 e. The van der Waals surface area contributed by atoms with E-state index >= 15 is 0 Å². The highest BCUT2D eigenvalue weighted by molar-refractivity contribution is 7.92. The summed E-state index contributed by atoms with van der Waals surface area (Å²) < 4.78 is 55.3. The average molecular weight is 493 g/mol. The summed E-state index contributed by atoms with van der Waals surface area (Å²) >= 11 is 0. The van der Waals surface area contributed by atoms with E-state index in [-0.39, 0.29) is 32.6 Å². The van der Waals surface area contributed by atoms with Crippen molar-refractivity contribution in [3.63, 3.8) is 0 Å². The molecule has 2 aromatic heterocycles. The van der Waals surface area contributed by atoms with Gasteiger partial charge in [0.25, 0.3) is 10.0 Å². The maximum atomic E-state index is 14.6. The fourth-order valence-corrected chi connectivity index (χ4v) is 5.20. The van der Waals surface area contributed by atoms with Gasteiger partial charge in [0.1, 0.15) is 17.3 Å². The molecule has 2 N–H and O–H groups in total. The number of aromatic nitrogens is 2. The van der Waals surface area contributed by atoms with Crippen molar-refractivity contribution < 1.29 is 27.1 Å². The van der Waals surface area contributed by atoms with Crippen LogP contribution in [0.1, 0.15) is 10.5 Å². The minimum atomic E-state index is -3.79. The number of fused-ring (bicyclic) bond motifs is 3. The van der Waals surface area contributed by atoms with Crippen LogP contribution in [0.25, 0.3) is 33.1 Å². The molecule has 2 heterocycles. The number of benzene rings is 3. The Morgan fingerprint density at radius 1 is 1.00 bits per heavy atom. The third kappa shape index (κ3) is 3.77. The van der Waals surface area contributed by atoms with Crippen LogP contribution in [0, 0.1) is 11.6 Å². The maximum Gasteiger partial charge on any atom is 0.354 e. The van der Waals surface area contributed by atoms with Crippen molar-refractivity contribution in [2.75, 3.05) is 11.4 Å². The van der Waals surface area contributed by atoms with Gasteiger partial charge in [0.15, 0.2) is 0 Å². The quantitative estimate of drug-likeness (QED) is 0.351. The van der Waals surface area contributed by atoms with E-state index < -0.39 is 27.6 Å². The number of halogens is 2. The second-order valence-electron chi connectivity index (χ2n) is 7.85. The summed E-state index contributed by atoms with van der Waals surface area (Å²) in [5, 5.41) is 9.85. The number of H-pyrrole nitrogens is 1. The fourth-order valence-electron chi connectivity index (χ4n) is 3.99. The normalized spacial score (nSPS) is 11.7. The van der Waals surface area contributed by atoms with Crippen LogP contribution < -0.4 is 4.31 Å². The number of hydrogen-bond acceptors (Lipinski definition) is 4. The molecule has 5 rings (SSSR count). The zero-order valence-electron chi connectivity index (χ0n) is 18.2. The molecular formula is C25H17F2N3O4S. The molecular weight excluding hydrogens is 476 g/mol. The van der Waals surface area contributed by atoms with Gasteiger partial charge in [0, 0.05) is 29.4 Å². The lowest BCUT2D eigenvalue weighted by Crippen LogP contribution is -2.26. The number of carboxylic acid groups (broad SMARTS) is 1. The zero-order valence-corrected chi connectivity index (χ0v) is 19.0. The van der Waals surface area contributed by atoms with Crippen LogP contribution in [0.15, 0.2) is 77.7 Å². The Hall–Kier alpha value is -4.31. The van der Waals surface area contributed by atoms with Crippen molar-refractivity contribution in [1.82, 2.24) is 9.97 Å². The first kappa shape index (κ1) is 22.5. The lowest BCUT2D eigenvalue weighted by molar-refractivity contribution is 0.0691. The molecule has 0 aliphatic heterocycles. The van der Waals surface area contributed by atoms with Crippen LogP contribution in [0.3, 0.4) is 0 Å². The second kappa shape index (κ2) is 8.17. The fraction of sp³-hybridized carbons (Fsp3) is 0.0400. The van der Waals surface area contributed by atoms with E-state index in [2.05, 4.69) is 9.97 Å². The number of pyridine rings is 1. The van der Waals surface area contributed by atoms with Gasteiger partial charge in [0.05, 0.1) is 27.3 Å². The Labute approximate surface area is 198 Å². The molecule has 3 aromatic carbocycles. The molecule has 0 saturated heterocycles. The van der Waals surface area contributed by atoms with Crippen LogP contribution in [0.2, 0.25) is 0 Å². The molecule has 0 saturated carbocycles. The van der Waals surface area contributed by atoms with Gasteiger partial charge in [-0.15, -0.1) is 0 Å². The summed E-state index contributed by atoms with van der Waals surface area (Å²) in [4.78, 5) is 19.0. The Kier molecular flexibility index (Phi) is 5.25. The predicted octanol–water partition coefficient (Wildman–Crippen LogP) is 5.18.